The predicted octanol–water partition coefficient (Wildman–Crippen LogP) is 16.2. The lowest BCUT2D eigenvalue weighted by molar-refractivity contribution is 0.741. The Morgan fingerprint density at radius 3 is 0.842 bits per heavy atom. The Hall–Kier alpha value is -8.82. The van der Waals surface area contributed by atoms with Crippen molar-refractivity contribution in [3.05, 3.63) is 233 Å². The third-order valence-electron chi connectivity index (χ3n) is 15.7. The van der Waals surface area contributed by atoms with E-state index in [1.54, 1.807) is 0 Å². The highest BCUT2D eigenvalue weighted by molar-refractivity contribution is 6.08. The lowest BCUT2D eigenvalue weighted by Crippen LogP contribution is -2.31. The number of rotatable bonds is 11. The van der Waals surface area contributed by atoms with Crippen LogP contribution >= 0.6 is 0 Å². The molecule has 0 aliphatic rings. The quantitative estimate of drug-likeness (QED) is 0.120. The molecule has 0 aliphatic carbocycles. The van der Waals surface area contributed by atoms with Crippen molar-refractivity contribution in [1.29, 1.82) is 0 Å². The Balaban J connectivity index is 1.06. The molecule has 9 heteroatoms. The van der Waals surface area contributed by atoms with Crippen molar-refractivity contribution in [2.75, 3.05) is 0 Å². The highest BCUT2D eigenvalue weighted by Gasteiger charge is 2.39. The van der Waals surface area contributed by atoms with Crippen LogP contribution in [0.2, 0.25) is 0 Å². The van der Waals surface area contributed by atoms with Crippen LogP contribution in [0.3, 0.4) is 0 Å². The van der Waals surface area contributed by atoms with Crippen LogP contribution in [0.25, 0.3) is 83.3 Å². The average molecular weight is 990 g/mol. The van der Waals surface area contributed by atoms with Crippen LogP contribution in [-0.2, 0) is 5.41 Å². The van der Waals surface area contributed by atoms with Crippen LogP contribution in [0, 0.1) is 0 Å². The summed E-state index contributed by atoms with van der Waals surface area (Å²) in [6, 6.07) is 62.1. The van der Waals surface area contributed by atoms with Crippen molar-refractivity contribution < 1.29 is 0 Å². The van der Waals surface area contributed by atoms with Gasteiger partial charge in [0.2, 0.25) is 0 Å². The minimum Gasteiger partial charge on any atom is -0.278 e. The fraction of sp³-hybridized carbons (Fsp3) is 0.194. The van der Waals surface area contributed by atoms with E-state index in [2.05, 4.69) is 221 Å². The van der Waals surface area contributed by atoms with Gasteiger partial charge in [0.1, 0.15) is 33.9 Å². The van der Waals surface area contributed by atoms with Gasteiger partial charge in [0.05, 0.1) is 5.41 Å². The maximum absolute atomic E-state index is 5.29. The molecular weight excluding hydrogens is 931 g/mol. The number of hydrogen-bond acceptors (Lipinski definition) is 6. The molecule has 13 rings (SSSR count). The smallest absolute Gasteiger partial charge is 0.147 e. The van der Waals surface area contributed by atoms with Gasteiger partial charge in [-0.2, -0.15) is 0 Å². The molecule has 0 saturated carbocycles. The summed E-state index contributed by atoms with van der Waals surface area (Å²) < 4.78 is 6.67. The number of benzene rings is 4. The SMILES string of the molecule is CC(C)c1ccc(C(c2ccc(-n3c4ncccc4c4ccc(C(C)C)nc43)cc2)(c2ccc(-n3c4ncccc4c4ccc(C(C)C)nc43)cc2)c2ccc(-n3c4ncccc4c4ccc(C(C)C)nc43)cc2)cc1. The van der Waals surface area contributed by atoms with E-state index in [1.807, 2.05) is 36.8 Å². The largest absolute Gasteiger partial charge is 0.278 e. The zero-order chi connectivity index (χ0) is 52.0. The molecule has 9 nitrogen and oxygen atoms in total. The second-order valence-corrected chi connectivity index (χ2v) is 21.6. The van der Waals surface area contributed by atoms with Crippen LogP contribution in [0.5, 0.6) is 0 Å². The van der Waals surface area contributed by atoms with E-state index in [0.717, 1.165) is 123 Å². The molecule has 0 N–H and O–H groups in total. The molecule has 0 atom stereocenters. The fourth-order valence-corrected chi connectivity index (χ4v) is 11.6. The maximum Gasteiger partial charge on any atom is 0.147 e. The standard InChI is InChI=1S/C67H59N9/c1-40(2)44-15-17-45(18-16-44)67(46-19-25-49(26-20-46)74-61-52(12-9-37-68-61)55-31-34-58(41(3)4)71-64(55)74,47-21-27-50(28-22-47)75-62-53(13-10-38-69-62)56-32-35-59(42(5)6)72-65(56)75)48-23-29-51(30-24-48)76-63-54(14-11-39-70-63)57-33-36-60(43(7)8)73-66(57)76/h9-43H,1-8H3. The maximum atomic E-state index is 5.29. The van der Waals surface area contributed by atoms with Crippen molar-refractivity contribution in [1.82, 2.24) is 43.6 Å². The van der Waals surface area contributed by atoms with Gasteiger partial charge in [0.15, 0.2) is 0 Å². The first-order valence-electron chi connectivity index (χ1n) is 26.7. The van der Waals surface area contributed by atoms with Gasteiger partial charge in [0, 0.05) is 85.1 Å². The molecule has 0 spiro atoms. The van der Waals surface area contributed by atoms with Crippen LogP contribution in [0.15, 0.2) is 188 Å². The zero-order valence-corrected chi connectivity index (χ0v) is 44.2. The Morgan fingerprint density at radius 2 is 0.566 bits per heavy atom. The molecule has 0 saturated heterocycles. The number of fused-ring (bicyclic) bond motifs is 9. The summed E-state index contributed by atoms with van der Waals surface area (Å²) >= 11 is 0. The highest BCUT2D eigenvalue weighted by atomic mass is 15.1. The molecular formula is C67H59N9. The Labute approximate surface area is 442 Å². The van der Waals surface area contributed by atoms with Gasteiger partial charge in [-0.15, -0.1) is 0 Å². The lowest BCUT2D eigenvalue weighted by atomic mass is 9.65. The number of pyridine rings is 6. The molecule has 0 fully saturated rings. The Morgan fingerprint density at radius 1 is 0.289 bits per heavy atom. The van der Waals surface area contributed by atoms with E-state index in [1.165, 1.54) is 5.56 Å². The van der Waals surface area contributed by atoms with Gasteiger partial charge >= 0.3 is 0 Å². The number of nitrogens with zero attached hydrogens (tertiary/aromatic N) is 9. The van der Waals surface area contributed by atoms with E-state index in [0.29, 0.717) is 5.92 Å². The lowest BCUT2D eigenvalue weighted by Gasteiger charge is -2.37. The van der Waals surface area contributed by atoms with Crippen molar-refractivity contribution in [2.45, 2.75) is 84.5 Å². The fourth-order valence-electron chi connectivity index (χ4n) is 11.6. The number of aromatic nitrogens is 9. The summed E-state index contributed by atoms with van der Waals surface area (Å²) in [6.07, 6.45) is 5.62. The van der Waals surface area contributed by atoms with Crippen LogP contribution in [0.1, 0.15) is 124 Å². The van der Waals surface area contributed by atoms with E-state index < -0.39 is 5.41 Å². The second kappa shape index (κ2) is 18.2. The molecule has 372 valence electrons. The topological polar surface area (TPSA) is 92.1 Å². The van der Waals surface area contributed by atoms with Gasteiger partial charge in [0.25, 0.3) is 0 Å². The normalized spacial score (nSPS) is 12.4. The van der Waals surface area contributed by atoms with Gasteiger partial charge in [-0.05, 0) is 161 Å². The average Bonchev–Trinajstić information content (AvgIpc) is 4.15. The minimum atomic E-state index is -0.808. The molecule has 76 heavy (non-hydrogen) atoms. The summed E-state index contributed by atoms with van der Waals surface area (Å²) in [6.45, 7) is 17.7. The van der Waals surface area contributed by atoms with Crippen LogP contribution in [-0.4, -0.2) is 43.6 Å². The summed E-state index contributed by atoms with van der Waals surface area (Å²) in [5, 5.41) is 6.48. The van der Waals surface area contributed by atoms with Crippen LogP contribution in [0.4, 0.5) is 0 Å². The Kier molecular flexibility index (Phi) is 11.3. The van der Waals surface area contributed by atoms with Crippen molar-refractivity contribution in [3.63, 3.8) is 0 Å². The van der Waals surface area contributed by atoms with Gasteiger partial charge < -0.3 is 0 Å². The Bertz CT molecular complexity index is 3920. The predicted molar refractivity (Wildman–Crippen MR) is 311 cm³/mol. The molecule has 0 bridgehead atoms. The zero-order valence-electron chi connectivity index (χ0n) is 44.2. The first kappa shape index (κ1) is 46.9. The highest BCUT2D eigenvalue weighted by Crippen LogP contribution is 2.47. The van der Waals surface area contributed by atoms with Crippen molar-refractivity contribution >= 4 is 66.2 Å². The molecule has 13 aromatic rings. The summed E-state index contributed by atoms with van der Waals surface area (Å²) in [7, 11) is 0. The first-order chi connectivity index (χ1) is 37.0. The third-order valence-corrected chi connectivity index (χ3v) is 15.7. The summed E-state index contributed by atoms with van der Waals surface area (Å²) in [5.41, 5.74) is 16.4. The molecule has 0 radical (unpaired) electrons. The molecule has 0 amide bonds. The van der Waals surface area contributed by atoms with Gasteiger partial charge in [-0.25, -0.2) is 29.9 Å². The van der Waals surface area contributed by atoms with Crippen molar-refractivity contribution in [2.24, 2.45) is 0 Å². The van der Waals surface area contributed by atoms with Gasteiger partial charge in [-0.3, -0.25) is 13.7 Å². The monoisotopic (exact) mass is 989 g/mol. The minimum absolute atomic E-state index is 0.270. The van der Waals surface area contributed by atoms with E-state index in [4.69, 9.17) is 29.9 Å². The molecule has 4 aromatic carbocycles. The van der Waals surface area contributed by atoms with Crippen LogP contribution < -0.4 is 0 Å². The molecule has 0 unspecified atom stereocenters. The second-order valence-electron chi connectivity index (χ2n) is 21.6. The van der Waals surface area contributed by atoms with E-state index in [-0.39, 0.29) is 17.8 Å². The summed E-state index contributed by atoms with van der Waals surface area (Å²) in [4.78, 5) is 30.8. The first-order valence-corrected chi connectivity index (χ1v) is 26.7. The summed E-state index contributed by atoms with van der Waals surface area (Å²) in [5.74, 6) is 1.17. The third kappa shape index (κ3) is 7.35. The molecule has 0 aliphatic heterocycles. The van der Waals surface area contributed by atoms with E-state index in [9.17, 15) is 0 Å². The number of hydrogen-bond donors (Lipinski definition) is 0. The van der Waals surface area contributed by atoms with Crippen molar-refractivity contribution in [3.8, 4) is 17.1 Å². The van der Waals surface area contributed by atoms with E-state index >= 15 is 0 Å². The molecule has 9 aromatic heterocycles. The molecule has 9 heterocycles. The van der Waals surface area contributed by atoms with Gasteiger partial charge in [-0.1, -0.05) is 116 Å².